The van der Waals surface area contributed by atoms with E-state index in [0.29, 0.717) is 15.6 Å². The first-order chi connectivity index (χ1) is 10.9. The number of hydrogen-bond acceptors (Lipinski definition) is 5. The number of nitrogens with zero attached hydrogens (tertiary/aromatic N) is 3. The maximum absolute atomic E-state index is 12.6. The number of carbonyl (C=O) groups is 1. The number of anilines is 1. The van der Waals surface area contributed by atoms with Gasteiger partial charge in [0.05, 0.1) is 11.9 Å². The van der Waals surface area contributed by atoms with Gasteiger partial charge in [-0.2, -0.15) is 13.2 Å². The summed E-state index contributed by atoms with van der Waals surface area (Å²) in [5.74, 6) is -0.405. The van der Waals surface area contributed by atoms with Gasteiger partial charge >= 0.3 is 6.18 Å². The molecule has 0 bridgehead atoms. The summed E-state index contributed by atoms with van der Waals surface area (Å²) in [4.78, 5) is 19.9. The second kappa shape index (κ2) is 5.63. The van der Waals surface area contributed by atoms with E-state index in [1.807, 2.05) is 0 Å². The minimum atomic E-state index is -4.52. The minimum absolute atomic E-state index is 0.138. The van der Waals surface area contributed by atoms with Gasteiger partial charge in [0, 0.05) is 18.9 Å². The number of alkyl halides is 3. The molecular weight excluding hydrogens is 331 g/mol. The molecule has 0 saturated heterocycles. The highest BCUT2D eigenvalue weighted by molar-refractivity contribution is 7.13. The van der Waals surface area contributed by atoms with E-state index in [4.69, 9.17) is 5.73 Å². The molecular formula is C13H10F3N5OS. The van der Waals surface area contributed by atoms with Crippen molar-refractivity contribution in [3.63, 3.8) is 0 Å². The fourth-order valence-corrected chi connectivity index (χ4v) is 2.60. The summed E-state index contributed by atoms with van der Waals surface area (Å²) in [5, 5.41) is 3.22. The molecule has 0 aromatic carbocycles. The van der Waals surface area contributed by atoms with Gasteiger partial charge in [0.2, 0.25) is 0 Å². The molecule has 1 amide bonds. The third kappa shape index (κ3) is 3.17. The molecule has 3 heterocycles. The van der Waals surface area contributed by atoms with Crippen LogP contribution in [-0.2, 0) is 12.7 Å². The quantitative estimate of drug-likeness (QED) is 0.766. The van der Waals surface area contributed by atoms with Crippen molar-refractivity contribution in [2.75, 3.05) is 5.32 Å². The van der Waals surface area contributed by atoms with Crippen LogP contribution >= 0.6 is 11.3 Å². The number of nitrogens with one attached hydrogen (secondary N) is 1. The van der Waals surface area contributed by atoms with Crippen molar-refractivity contribution in [2.45, 2.75) is 12.7 Å². The summed E-state index contributed by atoms with van der Waals surface area (Å²) < 4.78 is 39.1. The Morgan fingerprint density at radius 2 is 2.13 bits per heavy atom. The molecule has 0 unspecified atom stereocenters. The van der Waals surface area contributed by atoms with Crippen LogP contribution in [0.5, 0.6) is 0 Å². The Bertz CT molecular complexity index is 870. The maximum atomic E-state index is 12.6. The highest BCUT2D eigenvalue weighted by Gasteiger charge is 2.33. The van der Waals surface area contributed by atoms with E-state index < -0.39 is 17.8 Å². The fraction of sp³-hybridized carbons (Fsp3) is 0.154. The zero-order valence-corrected chi connectivity index (χ0v) is 12.3. The predicted molar refractivity (Wildman–Crippen MR) is 78.2 cm³/mol. The normalized spacial score (nSPS) is 11.8. The minimum Gasteiger partial charge on any atom is -0.325 e. The zero-order chi connectivity index (χ0) is 16.6. The lowest BCUT2D eigenvalue weighted by atomic mass is 10.4. The average Bonchev–Trinajstić information content (AvgIpc) is 3.12. The average molecular weight is 341 g/mol. The monoisotopic (exact) mass is 341 g/mol. The van der Waals surface area contributed by atoms with Crippen molar-refractivity contribution in [3.05, 3.63) is 46.3 Å². The SMILES string of the molecule is NCc1ncc(C(=O)Nc2ccc3nc(C(F)(F)F)cn3c2)s1. The molecule has 120 valence electrons. The Kier molecular flexibility index (Phi) is 3.78. The number of nitrogens with two attached hydrogens (primary N) is 1. The molecule has 0 radical (unpaired) electrons. The standard InChI is InChI=1S/C13H10F3N5OS/c14-13(15,16)9-6-21-5-7(1-2-10(21)20-9)19-12(22)8-4-18-11(3-17)23-8/h1-2,4-6H,3,17H2,(H,19,22). The summed E-state index contributed by atoms with van der Waals surface area (Å²) in [6.07, 6.45) is -0.888. The maximum Gasteiger partial charge on any atom is 0.434 e. The van der Waals surface area contributed by atoms with Gasteiger partial charge in [0.1, 0.15) is 15.5 Å². The van der Waals surface area contributed by atoms with Crippen LogP contribution < -0.4 is 11.1 Å². The summed E-state index contributed by atoms with van der Waals surface area (Å²) in [5.41, 5.74) is 4.92. The first-order valence-electron chi connectivity index (χ1n) is 6.39. The molecule has 0 aliphatic rings. The number of imidazole rings is 1. The van der Waals surface area contributed by atoms with Crippen LogP contribution in [0.25, 0.3) is 5.65 Å². The number of fused-ring (bicyclic) bond motifs is 1. The third-order valence-corrected chi connectivity index (χ3v) is 3.97. The summed E-state index contributed by atoms with van der Waals surface area (Å²) in [6, 6.07) is 2.87. The highest BCUT2D eigenvalue weighted by Crippen LogP contribution is 2.28. The molecule has 0 atom stereocenters. The molecule has 3 rings (SSSR count). The van der Waals surface area contributed by atoms with Gasteiger partial charge in [-0.25, -0.2) is 9.97 Å². The van der Waals surface area contributed by atoms with Gasteiger partial charge in [0.25, 0.3) is 5.91 Å². The van der Waals surface area contributed by atoms with E-state index in [9.17, 15) is 18.0 Å². The molecule has 0 saturated carbocycles. The topological polar surface area (TPSA) is 85.3 Å². The number of carbonyl (C=O) groups excluding carboxylic acids is 1. The molecule has 3 N–H and O–H groups in total. The lowest BCUT2D eigenvalue weighted by molar-refractivity contribution is -0.140. The van der Waals surface area contributed by atoms with Crippen molar-refractivity contribution in [3.8, 4) is 0 Å². The second-order valence-electron chi connectivity index (χ2n) is 4.58. The van der Waals surface area contributed by atoms with E-state index >= 15 is 0 Å². The fourth-order valence-electron chi connectivity index (χ4n) is 1.90. The molecule has 10 heteroatoms. The molecule has 6 nitrogen and oxygen atoms in total. The number of hydrogen-bond donors (Lipinski definition) is 2. The molecule has 0 spiro atoms. The summed E-state index contributed by atoms with van der Waals surface area (Å²) >= 11 is 1.16. The third-order valence-electron chi connectivity index (χ3n) is 2.95. The highest BCUT2D eigenvalue weighted by atomic mass is 32.1. The van der Waals surface area contributed by atoms with Crippen LogP contribution in [0.15, 0.2) is 30.7 Å². The van der Waals surface area contributed by atoms with E-state index in [0.717, 1.165) is 17.5 Å². The number of rotatable bonds is 3. The Morgan fingerprint density at radius 3 is 2.78 bits per heavy atom. The number of amides is 1. The van der Waals surface area contributed by atoms with Crippen LogP contribution in [0.3, 0.4) is 0 Å². The first kappa shape index (κ1) is 15.4. The number of aromatic nitrogens is 3. The van der Waals surface area contributed by atoms with E-state index in [-0.39, 0.29) is 12.2 Å². The van der Waals surface area contributed by atoms with Crippen LogP contribution in [-0.4, -0.2) is 20.3 Å². The van der Waals surface area contributed by atoms with E-state index in [1.54, 1.807) is 0 Å². The molecule has 0 aliphatic heterocycles. The van der Waals surface area contributed by atoms with Crippen molar-refractivity contribution in [1.29, 1.82) is 0 Å². The van der Waals surface area contributed by atoms with Gasteiger partial charge in [-0.1, -0.05) is 0 Å². The zero-order valence-electron chi connectivity index (χ0n) is 11.5. The number of halogens is 3. The molecule has 3 aromatic heterocycles. The van der Waals surface area contributed by atoms with E-state index in [2.05, 4.69) is 15.3 Å². The largest absolute Gasteiger partial charge is 0.434 e. The van der Waals surface area contributed by atoms with Crippen LogP contribution in [0.2, 0.25) is 0 Å². The Hall–Kier alpha value is -2.46. The first-order valence-corrected chi connectivity index (χ1v) is 7.20. The van der Waals surface area contributed by atoms with Gasteiger partial charge < -0.3 is 15.5 Å². The van der Waals surface area contributed by atoms with Crippen molar-refractivity contribution >= 4 is 28.6 Å². The van der Waals surface area contributed by atoms with Crippen LogP contribution in [0.1, 0.15) is 20.4 Å². The second-order valence-corrected chi connectivity index (χ2v) is 5.70. The Labute approximate surface area is 131 Å². The lowest BCUT2D eigenvalue weighted by Crippen LogP contribution is -2.10. The van der Waals surface area contributed by atoms with Crippen molar-refractivity contribution in [2.24, 2.45) is 5.73 Å². The van der Waals surface area contributed by atoms with Crippen LogP contribution in [0, 0.1) is 0 Å². The molecule has 0 fully saturated rings. The summed E-state index contributed by atoms with van der Waals surface area (Å²) in [7, 11) is 0. The molecule has 3 aromatic rings. The van der Waals surface area contributed by atoms with Crippen molar-refractivity contribution in [1.82, 2.24) is 14.4 Å². The summed E-state index contributed by atoms with van der Waals surface area (Å²) in [6.45, 7) is 0.235. The Balaban J connectivity index is 1.84. The molecule has 0 aliphatic carbocycles. The van der Waals surface area contributed by atoms with Gasteiger partial charge in [-0.15, -0.1) is 11.3 Å². The molecule has 23 heavy (non-hydrogen) atoms. The van der Waals surface area contributed by atoms with Gasteiger partial charge in [0.15, 0.2) is 5.69 Å². The van der Waals surface area contributed by atoms with E-state index in [1.165, 1.54) is 28.9 Å². The van der Waals surface area contributed by atoms with Crippen LogP contribution in [0.4, 0.5) is 18.9 Å². The number of pyridine rings is 1. The van der Waals surface area contributed by atoms with Crippen molar-refractivity contribution < 1.29 is 18.0 Å². The predicted octanol–water partition coefficient (Wildman–Crippen LogP) is 2.52. The number of thiazole rings is 1. The smallest absolute Gasteiger partial charge is 0.325 e. The Morgan fingerprint density at radius 1 is 1.35 bits per heavy atom. The van der Waals surface area contributed by atoms with Gasteiger partial charge in [-0.05, 0) is 12.1 Å². The van der Waals surface area contributed by atoms with Gasteiger partial charge in [-0.3, -0.25) is 4.79 Å². The lowest BCUT2D eigenvalue weighted by Gasteiger charge is -2.03.